The summed E-state index contributed by atoms with van der Waals surface area (Å²) < 4.78 is 10.5. The number of ether oxygens (including phenoxy) is 2. The van der Waals surface area contributed by atoms with Crippen molar-refractivity contribution in [3.05, 3.63) is 41.5 Å². The molecule has 4 N–H and O–H groups in total. The molecular weight excluding hydrogens is 364 g/mol. The summed E-state index contributed by atoms with van der Waals surface area (Å²) in [6, 6.07) is 2.97. The Labute approximate surface area is 165 Å². The van der Waals surface area contributed by atoms with Gasteiger partial charge in [0.1, 0.15) is 29.3 Å². The molecule has 0 saturated heterocycles. The van der Waals surface area contributed by atoms with Gasteiger partial charge < -0.3 is 25.2 Å². The van der Waals surface area contributed by atoms with Gasteiger partial charge in [-0.1, -0.05) is 32.1 Å². The topological polar surface area (TPSA) is 125 Å². The van der Waals surface area contributed by atoms with Crippen molar-refractivity contribution in [2.75, 3.05) is 7.11 Å². The molecule has 1 aromatic rings. The lowest BCUT2D eigenvalue weighted by Gasteiger charge is -2.15. The molecule has 2 atom stereocenters. The average molecular weight is 394 g/mol. The zero-order valence-electron chi connectivity index (χ0n) is 16.8. The summed E-state index contributed by atoms with van der Waals surface area (Å²) in [5.41, 5.74) is 0.504. The van der Waals surface area contributed by atoms with E-state index < -0.39 is 18.2 Å². The number of phenols is 1. The van der Waals surface area contributed by atoms with E-state index in [2.05, 4.69) is 0 Å². The van der Waals surface area contributed by atoms with Gasteiger partial charge in [0, 0.05) is 12.5 Å². The first-order chi connectivity index (χ1) is 12.9. The molecule has 156 valence electrons. The Hall–Kier alpha value is -2.64. The number of carbonyl (C=O) groups excluding carboxylic acids is 2. The highest BCUT2D eigenvalue weighted by Gasteiger charge is 2.21. The number of cyclic esters (lactones) is 1. The summed E-state index contributed by atoms with van der Waals surface area (Å²) in [6.07, 6.45) is 5.71. The van der Waals surface area contributed by atoms with Crippen LogP contribution in [0, 0.1) is 0 Å². The molecule has 0 spiro atoms. The molecule has 0 fully saturated rings. The van der Waals surface area contributed by atoms with Crippen LogP contribution >= 0.6 is 0 Å². The van der Waals surface area contributed by atoms with Crippen LogP contribution in [-0.4, -0.2) is 46.8 Å². The third-order valence-electron chi connectivity index (χ3n) is 3.85. The molecule has 0 bridgehead atoms. The zero-order chi connectivity index (χ0) is 20.4. The number of fused-ring (bicyclic) bond motifs is 1. The first-order valence-corrected chi connectivity index (χ1v) is 9.09. The minimum absolute atomic E-state index is 0. The van der Waals surface area contributed by atoms with Gasteiger partial charge in [-0.2, -0.15) is 0 Å². The highest BCUT2D eigenvalue weighted by atomic mass is 16.5. The van der Waals surface area contributed by atoms with Gasteiger partial charge >= 0.3 is 5.97 Å². The van der Waals surface area contributed by atoms with Gasteiger partial charge in [-0.3, -0.25) is 4.79 Å². The average Bonchev–Trinajstić information content (AvgIpc) is 2.65. The number of hydrogen-bond donors (Lipinski definition) is 2. The maximum atomic E-state index is 12.4. The number of methoxy groups -OCH3 is 1. The van der Waals surface area contributed by atoms with Crippen molar-refractivity contribution in [1.82, 2.24) is 0 Å². The van der Waals surface area contributed by atoms with E-state index in [0.29, 0.717) is 24.2 Å². The third-order valence-corrected chi connectivity index (χ3v) is 3.85. The normalized spacial score (nSPS) is 22.2. The van der Waals surface area contributed by atoms with Gasteiger partial charge in [0.2, 0.25) is 0 Å². The van der Waals surface area contributed by atoms with Gasteiger partial charge in [0.25, 0.3) is 0 Å². The van der Waals surface area contributed by atoms with Crippen LogP contribution in [0.15, 0.2) is 30.4 Å². The fourth-order valence-electron chi connectivity index (χ4n) is 2.48. The standard InChI is InChI=1S/C19H22O6.C2H6.H2O/c1-12-6-5-9-16(21)15(20)8-4-3-7-13-10-14(24-2)11-17(22)18(13)19(23)25-12;1-2;/h3,5,7,9-12,15,20,22H,4,6,8H2,1-2H3;1-2H3;1H2/b7-3+,9-5-;;/t12-,15-;;/m0../s1. The van der Waals surface area contributed by atoms with E-state index in [1.165, 1.54) is 19.3 Å². The van der Waals surface area contributed by atoms with Crippen molar-refractivity contribution in [3.8, 4) is 11.5 Å². The first-order valence-electron chi connectivity index (χ1n) is 9.09. The maximum absolute atomic E-state index is 12.4. The van der Waals surface area contributed by atoms with Crippen molar-refractivity contribution < 1.29 is 34.8 Å². The van der Waals surface area contributed by atoms with E-state index in [1.807, 2.05) is 13.8 Å². The lowest BCUT2D eigenvalue weighted by Crippen LogP contribution is -2.18. The van der Waals surface area contributed by atoms with Crippen LogP contribution in [0.1, 0.15) is 56.0 Å². The summed E-state index contributed by atoms with van der Waals surface area (Å²) in [6.45, 7) is 5.69. The van der Waals surface area contributed by atoms with Crippen molar-refractivity contribution in [2.45, 2.75) is 52.2 Å². The predicted octanol–water partition coefficient (Wildman–Crippen LogP) is 2.83. The fraction of sp³-hybridized carbons (Fsp3) is 0.429. The molecule has 1 aromatic carbocycles. The van der Waals surface area contributed by atoms with Gasteiger partial charge in [-0.05, 0) is 37.5 Å². The number of allylic oxidation sites excluding steroid dienone is 1. The number of hydrogen-bond acceptors (Lipinski definition) is 6. The molecule has 2 rings (SSSR count). The minimum Gasteiger partial charge on any atom is -0.507 e. The Morgan fingerprint density at radius 2 is 1.82 bits per heavy atom. The van der Waals surface area contributed by atoms with Gasteiger partial charge in [0.05, 0.1) is 7.11 Å². The molecular formula is C21H30O7. The molecule has 0 aliphatic carbocycles. The Bertz CT molecular complexity index is 707. The smallest absolute Gasteiger partial charge is 0.342 e. The summed E-state index contributed by atoms with van der Waals surface area (Å²) in [4.78, 5) is 24.2. The fourth-order valence-corrected chi connectivity index (χ4v) is 2.48. The van der Waals surface area contributed by atoms with E-state index in [9.17, 15) is 19.8 Å². The van der Waals surface area contributed by atoms with Crippen molar-refractivity contribution in [3.63, 3.8) is 0 Å². The lowest BCUT2D eigenvalue weighted by atomic mass is 10.0. The van der Waals surface area contributed by atoms with E-state index in [1.54, 1.807) is 31.2 Å². The largest absolute Gasteiger partial charge is 0.507 e. The minimum atomic E-state index is -1.07. The molecule has 1 aliphatic heterocycles. The second kappa shape index (κ2) is 12.7. The molecule has 7 nitrogen and oxygen atoms in total. The van der Waals surface area contributed by atoms with Crippen LogP contribution in [0.5, 0.6) is 11.5 Å². The predicted molar refractivity (Wildman–Crippen MR) is 108 cm³/mol. The Morgan fingerprint density at radius 1 is 1.14 bits per heavy atom. The number of benzene rings is 1. The van der Waals surface area contributed by atoms with Crippen LogP contribution in [0.3, 0.4) is 0 Å². The van der Waals surface area contributed by atoms with E-state index in [4.69, 9.17) is 9.47 Å². The molecule has 0 amide bonds. The Kier molecular flexibility index (Phi) is 11.5. The summed E-state index contributed by atoms with van der Waals surface area (Å²) in [5.74, 6) is -0.845. The zero-order valence-corrected chi connectivity index (χ0v) is 16.8. The highest BCUT2D eigenvalue weighted by molar-refractivity contribution is 5.97. The third kappa shape index (κ3) is 7.17. The monoisotopic (exact) mass is 394 g/mol. The van der Waals surface area contributed by atoms with E-state index in [0.717, 1.165) is 0 Å². The quantitative estimate of drug-likeness (QED) is 0.706. The number of ketones is 1. The molecule has 1 heterocycles. The van der Waals surface area contributed by atoms with Crippen molar-refractivity contribution >= 4 is 17.8 Å². The number of phenolic OH excluding ortho intramolecular Hbond substituents is 1. The Balaban J connectivity index is 0.00000235. The number of aliphatic hydroxyl groups is 1. The van der Waals surface area contributed by atoms with Crippen molar-refractivity contribution in [2.24, 2.45) is 0 Å². The number of carbonyl (C=O) groups is 2. The van der Waals surface area contributed by atoms with Crippen LogP contribution in [0.2, 0.25) is 0 Å². The summed E-state index contributed by atoms with van der Waals surface area (Å²) in [5, 5.41) is 20.0. The summed E-state index contributed by atoms with van der Waals surface area (Å²) >= 11 is 0. The number of rotatable bonds is 1. The summed E-state index contributed by atoms with van der Waals surface area (Å²) in [7, 11) is 1.46. The molecule has 1 aliphatic rings. The van der Waals surface area contributed by atoms with E-state index in [-0.39, 0.29) is 29.0 Å². The number of aromatic hydroxyl groups is 1. The van der Waals surface area contributed by atoms with Crippen LogP contribution in [0.4, 0.5) is 0 Å². The Morgan fingerprint density at radius 3 is 2.46 bits per heavy atom. The van der Waals surface area contributed by atoms with Crippen LogP contribution < -0.4 is 4.74 Å². The van der Waals surface area contributed by atoms with E-state index >= 15 is 0 Å². The number of esters is 1. The number of aliphatic hydroxyl groups excluding tert-OH is 1. The molecule has 7 heteroatoms. The molecule has 0 saturated carbocycles. The highest BCUT2D eigenvalue weighted by Crippen LogP contribution is 2.30. The lowest BCUT2D eigenvalue weighted by molar-refractivity contribution is -0.122. The molecule has 0 unspecified atom stereocenters. The molecule has 0 radical (unpaired) electrons. The van der Waals surface area contributed by atoms with Gasteiger partial charge in [-0.25, -0.2) is 4.79 Å². The molecule has 0 aromatic heterocycles. The van der Waals surface area contributed by atoms with Crippen LogP contribution in [0.25, 0.3) is 6.08 Å². The second-order valence-corrected chi connectivity index (χ2v) is 5.86. The van der Waals surface area contributed by atoms with Gasteiger partial charge in [-0.15, -0.1) is 0 Å². The van der Waals surface area contributed by atoms with Crippen LogP contribution in [-0.2, 0) is 9.53 Å². The second-order valence-electron chi connectivity index (χ2n) is 5.86. The van der Waals surface area contributed by atoms with Crippen molar-refractivity contribution in [1.29, 1.82) is 0 Å². The molecule has 28 heavy (non-hydrogen) atoms. The SMILES string of the molecule is CC.COc1cc(O)c2c(c1)/C=C/CC[C@H](O)C(=O)/C=C\C[C@H](C)OC2=O.O. The first kappa shape index (κ1) is 25.4. The van der Waals surface area contributed by atoms with Gasteiger partial charge in [0.15, 0.2) is 5.78 Å². The maximum Gasteiger partial charge on any atom is 0.342 e.